The van der Waals surface area contributed by atoms with Gasteiger partial charge in [-0.15, -0.1) is 0 Å². The number of nitrogens with zero attached hydrogens (tertiary/aromatic N) is 2. The molecule has 2 aromatic rings. The average Bonchev–Trinajstić information content (AvgIpc) is 3.10. The molecule has 26 heavy (non-hydrogen) atoms. The summed E-state index contributed by atoms with van der Waals surface area (Å²) in [4.78, 5) is 16.8. The number of likely N-dealkylation sites (tertiary alicyclic amines) is 2. The smallest absolute Gasteiger partial charge is 0.222 e. The van der Waals surface area contributed by atoms with Crippen molar-refractivity contribution in [2.75, 3.05) is 26.2 Å². The fourth-order valence-electron chi connectivity index (χ4n) is 4.48. The molecule has 0 N–H and O–H groups in total. The summed E-state index contributed by atoms with van der Waals surface area (Å²) in [6.07, 6.45) is 4.04. The first-order chi connectivity index (χ1) is 12.8. The van der Waals surface area contributed by atoms with Gasteiger partial charge in [-0.3, -0.25) is 9.69 Å². The Bertz CT molecular complexity index is 789. The molecule has 0 bridgehead atoms. The second kappa shape index (κ2) is 7.67. The first kappa shape index (κ1) is 17.3. The van der Waals surface area contributed by atoms with Crippen molar-refractivity contribution >= 4 is 16.7 Å². The minimum absolute atomic E-state index is 0.344. The van der Waals surface area contributed by atoms with Crippen LogP contribution in [0.1, 0.15) is 38.2 Å². The van der Waals surface area contributed by atoms with Crippen molar-refractivity contribution in [3.63, 3.8) is 0 Å². The molecule has 2 aliphatic rings. The van der Waals surface area contributed by atoms with Gasteiger partial charge in [0.25, 0.3) is 0 Å². The highest BCUT2D eigenvalue weighted by molar-refractivity contribution is 5.87. The molecule has 2 aromatic carbocycles. The van der Waals surface area contributed by atoms with Gasteiger partial charge in [0, 0.05) is 37.7 Å². The van der Waals surface area contributed by atoms with Crippen LogP contribution in [0.25, 0.3) is 10.8 Å². The summed E-state index contributed by atoms with van der Waals surface area (Å²) in [6.45, 7) is 6.60. The zero-order chi connectivity index (χ0) is 17.9. The Labute approximate surface area is 155 Å². The molecule has 2 saturated heterocycles. The highest BCUT2D eigenvalue weighted by Crippen LogP contribution is 2.31. The van der Waals surface area contributed by atoms with Crippen molar-refractivity contribution in [3.05, 3.63) is 42.0 Å². The molecule has 1 atom stereocenters. The van der Waals surface area contributed by atoms with Crippen molar-refractivity contribution in [3.8, 4) is 5.75 Å². The lowest BCUT2D eigenvalue weighted by Gasteiger charge is -2.38. The highest BCUT2D eigenvalue weighted by Gasteiger charge is 2.31. The number of fused-ring (bicyclic) bond motifs is 1. The molecule has 4 nitrogen and oxygen atoms in total. The summed E-state index contributed by atoms with van der Waals surface area (Å²) < 4.78 is 5.94. The van der Waals surface area contributed by atoms with E-state index in [2.05, 4.69) is 46.2 Å². The molecule has 0 unspecified atom stereocenters. The van der Waals surface area contributed by atoms with Crippen LogP contribution in [0, 0.1) is 0 Å². The molecule has 138 valence electrons. The van der Waals surface area contributed by atoms with Crippen LogP contribution in [-0.4, -0.2) is 48.0 Å². The fourth-order valence-corrected chi connectivity index (χ4v) is 4.48. The van der Waals surface area contributed by atoms with Crippen LogP contribution in [0.5, 0.6) is 5.75 Å². The first-order valence-corrected chi connectivity index (χ1v) is 9.91. The summed E-state index contributed by atoms with van der Waals surface area (Å²) in [5, 5.41) is 2.53. The second-order valence-electron chi connectivity index (χ2n) is 7.42. The van der Waals surface area contributed by atoms with E-state index in [0.29, 0.717) is 18.6 Å². The SMILES string of the molecule is CCOc1ccc2ccccc2c1CN1CCC[C@@H](N2CCCC2=O)C1. The zero-order valence-corrected chi connectivity index (χ0v) is 15.6. The molecule has 0 aromatic heterocycles. The molecule has 4 rings (SSSR count). The topological polar surface area (TPSA) is 32.8 Å². The lowest BCUT2D eigenvalue weighted by Crippen LogP contribution is -2.48. The Kier molecular flexibility index (Phi) is 5.11. The van der Waals surface area contributed by atoms with Crippen molar-refractivity contribution in [1.29, 1.82) is 0 Å². The lowest BCUT2D eigenvalue weighted by atomic mass is 10.00. The quantitative estimate of drug-likeness (QED) is 0.820. The molecule has 0 spiro atoms. The van der Waals surface area contributed by atoms with E-state index in [-0.39, 0.29) is 0 Å². The van der Waals surface area contributed by atoms with Crippen LogP contribution < -0.4 is 4.74 Å². The summed E-state index contributed by atoms with van der Waals surface area (Å²) >= 11 is 0. The van der Waals surface area contributed by atoms with Crippen LogP contribution in [0.4, 0.5) is 0 Å². The van der Waals surface area contributed by atoms with Crippen LogP contribution >= 0.6 is 0 Å². The molecule has 2 aliphatic heterocycles. The summed E-state index contributed by atoms with van der Waals surface area (Å²) in [7, 11) is 0. The van der Waals surface area contributed by atoms with Crippen molar-refractivity contribution in [1.82, 2.24) is 9.80 Å². The van der Waals surface area contributed by atoms with Crippen LogP contribution in [0.15, 0.2) is 36.4 Å². The number of amides is 1. The van der Waals surface area contributed by atoms with Crippen LogP contribution in [0.2, 0.25) is 0 Å². The summed E-state index contributed by atoms with van der Waals surface area (Å²) in [6, 6.07) is 13.2. The molecule has 0 radical (unpaired) electrons. The van der Waals surface area contributed by atoms with Gasteiger partial charge in [0.05, 0.1) is 6.61 Å². The molecule has 2 fully saturated rings. The van der Waals surface area contributed by atoms with Gasteiger partial charge in [-0.2, -0.15) is 0 Å². The lowest BCUT2D eigenvalue weighted by molar-refractivity contribution is -0.130. The van der Waals surface area contributed by atoms with E-state index in [0.717, 1.165) is 57.6 Å². The number of carbonyl (C=O) groups is 1. The minimum atomic E-state index is 0.344. The first-order valence-electron chi connectivity index (χ1n) is 9.91. The van der Waals surface area contributed by atoms with Gasteiger partial charge >= 0.3 is 0 Å². The van der Waals surface area contributed by atoms with Crippen LogP contribution in [-0.2, 0) is 11.3 Å². The van der Waals surface area contributed by atoms with Crippen molar-refractivity contribution in [2.45, 2.75) is 45.2 Å². The molecule has 1 amide bonds. The maximum atomic E-state index is 12.1. The van der Waals surface area contributed by atoms with Gasteiger partial charge in [0.2, 0.25) is 5.91 Å². The normalized spacial score (nSPS) is 21.5. The predicted molar refractivity (Wildman–Crippen MR) is 104 cm³/mol. The predicted octanol–water partition coefficient (Wildman–Crippen LogP) is 3.83. The number of rotatable bonds is 5. The monoisotopic (exact) mass is 352 g/mol. The van der Waals surface area contributed by atoms with Crippen LogP contribution in [0.3, 0.4) is 0 Å². The van der Waals surface area contributed by atoms with Gasteiger partial charge < -0.3 is 9.64 Å². The van der Waals surface area contributed by atoms with Gasteiger partial charge in [-0.05, 0) is 49.6 Å². The second-order valence-corrected chi connectivity index (χ2v) is 7.42. The fraction of sp³-hybridized carbons (Fsp3) is 0.500. The molecule has 2 heterocycles. The third-order valence-corrected chi connectivity index (χ3v) is 5.71. The van der Waals surface area contributed by atoms with Gasteiger partial charge in [0.15, 0.2) is 0 Å². The maximum Gasteiger partial charge on any atom is 0.222 e. The van der Waals surface area contributed by atoms with E-state index in [1.807, 2.05) is 6.92 Å². The third-order valence-electron chi connectivity index (χ3n) is 5.71. The number of ether oxygens (including phenoxy) is 1. The number of piperidine rings is 1. The highest BCUT2D eigenvalue weighted by atomic mass is 16.5. The summed E-state index contributed by atoms with van der Waals surface area (Å²) in [5.41, 5.74) is 1.28. The van der Waals surface area contributed by atoms with E-state index >= 15 is 0 Å². The van der Waals surface area contributed by atoms with E-state index in [1.165, 1.54) is 16.3 Å². The Morgan fingerprint density at radius 3 is 2.81 bits per heavy atom. The Balaban J connectivity index is 1.57. The minimum Gasteiger partial charge on any atom is -0.494 e. The number of hydrogen-bond donors (Lipinski definition) is 0. The average molecular weight is 352 g/mol. The van der Waals surface area contributed by atoms with E-state index in [9.17, 15) is 4.79 Å². The maximum absolute atomic E-state index is 12.1. The number of benzene rings is 2. The number of carbonyl (C=O) groups excluding carboxylic acids is 1. The van der Waals surface area contributed by atoms with Crippen molar-refractivity contribution in [2.24, 2.45) is 0 Å². The van der Waals surface area contributed by atoms with E-state index in [1.54, 1.807) is 0 Å². The Morgan fingerprint density at radius 1 is 1.12 bits per heavy atom. The van der Waals surface area contributed by atoms with E-state index < -0.39 is 0 Å². The van der Waals surface area contributed by atoms with Crippen molar-refractivity contribution < 1.29 is 9.53 Å². The van der Waals surface area contributed by atoms with E-state index in [4.69, 9.17) is 4.74 Å². The molecule has 0 aliphatic carbocycles. The zero-order valence-electron chi connectivity index (χ0n) is 15.6. The standard InChI is InChI=1S/C22H28N2O2/c1-2-26-21-12-11-17-7-3-4-9-19(17)20(21)16-23-13-5-8-18(15-23)24-14-6-10-22(24)25/h3-4,7,9,11-12,18H,2,5-6,8,10,13-16H2,1H3/t18-/m1/s1. The largest absolute Gasteiger partial charge is 0.494 e. The third kappa shape index (κ3) is 3.43. The van der Waals surface area contributed by atoms with Gasteiger partial charge in [0.1, 0.15) is 5.75 Å². The Morgan fingerprint density at radius 2 is 2.00 bits per heavy atom. The Hall–Kier alpha value is -2.07. The molecule has 0 saturated carbocycles. The molecular formula is C22H28N2O2. The van der Waals surface area contributed by atoms with Gasteiger partial charge in [-0.25, -0.2) is 0 Å². The van der Waals surface area contributed by atoms with Gasteiger partial charge in [-0.1, -0.05) is 30.3 Å². The molecular weight excluding hydrogens is 324 g/mol. The summed E-state index contributed by atoms with van der Waals surface area (Å²) in [5.74, 6) is 1.34. The molecule has 4 heteroatoms. The number of hydrogen-bond acceptors (Lipinski definition) is 3.